The van der Waals surface area contributed by atoms with Gasteiger partial charge in [-0.1, -0.05) is 19.9 Å². The van der Waals surface area contributed by atoms with Crippen LogP contribution < -0.4 is 5.73 Å². The third kappa shape index (κ3) is 5.12. The maximum absolute atomic E-state index is 12.6. The minimum atomic E-state index is -0.472. The third-order valence-corrected chi connectivity index (χ3v) is 7.92. The van der Waals surface area contributed by atoms with Gasteiger partial charge in [0.1, 0.15) is 17.7 Å². The molecule has 2 N–H and O–H groups in total. The molecule has 0 bridgehead atoms. The lowest BCUT2D eigenvalue weighted by Gasteiger charge is -2.26. The van der Waals surface area contributed by atoms with Gasteiger partial charge in [-0.2, -0.15) is 5.10 Å². The van der Waals surface area contributed by atoms with Gasteiger partial charge in [0.05, 0.1) is 17.1 Å². The Balaban J connectivity index is 0.00000158. The molecule has 6 rings (SSSR count). The lowest BCUT2D eigenvalue weighted by Crippen LogP contribution is -2.37. The minimum Gasteiger partial charge on any atom is -0.444 e. The molecular weight excluding hydrogens is 504 g/mol. The topological polar surface area (TPSA) is 107 Å². The summed E-state index contributed by atoms with van der Waals surface area (Å²) in [6, 6.07) is 8.50. The molecule has 4 aromatic rings. The van der Waals surface area contributed by atoms with Crippen LogP contribution in [-0.2, 0) is 11.3 Å². The molecule has 1 unspecified atom stereocenters. The van der Waals surface area contributed by atoms with Crippen molar-refractivity contribution in [2.75, 3.05) is 31.9 Å². The molecule has 0 saturated carbocycles. The summed E-state index contributed by atoms with van der Waals surface area (Å²) in [6.07, 6.45) is 3.44. The molecule has 4 aromatic heterocycles. The number of anilines is 1. The number of nitrogens with two attached hydrogens (primary N) is 1. The second kappa shape index (κ2) is 10.7. The van der Waals surface area contributed by atoms with Crippen molar-refractivity contribution in [2.45, 2.75) is 66.7 Å². The summed E-state index contributed by atoms with van der Waals surface area (Å²) in [4.78, 5) is 25.7. The van der Waals surface area contributed by atoms with Gasteiger partial charge in [0.25, 0.3) is 0 Å². The molecule has 0 spiro atoms. The molecule has 2 fully saturated rings. The first-order valence-corrected chi connectivity index (χ1v) is 14.3. The summed E-state index contributed by atoms with van der Waals surface area (Å²) in [7, 11) is 0. The van der Waals surface area contributed by atoms with Gasteiger partial charge in [0, 0.05) is 50.1 Å². The van der Waals surface area contributed by atoms with E-state index in [1.807, 2.05) is 51.1 Å². The molecule has 1 amide bonds. The van der Waals surface area contributed by atoms with Crippen LogP contribution in [0.5, 0.6) is 0 Å². The fourth-order valence-corrected chi connectivity index (χ4v) is 6.21. The van der Waals surface area contributed by atoms with Crippen LogP contribution in [0, 0.1) is 18.8 Å². The van der Waals surface area contributed by atoms with Crippen molar-refractivity contribution in [2.24, 2.45) is 11.8 Å². The fourth-order valence-electron chi connectivity index (χ4n) is 6.21. The molecule has 10 heteroatoms. The van der Waals surface area contributed by atoms with Crippen molar-refractivity contribution in [3.8, 4) is 0 Å². The van der Waals surface area contributed by atoms with Gasteiger partial charge in [-0.3, -0.25) is 4.90 Å². The zero-order valence-electron chi connectivity index (χ0n) is 24.8. The van der Waals surface area contributed by atoms with Gasteiger partial charge >= 0.3 is 6.09 Å². The Labute approximate surface area is 236 Å². The van der Waals surface area contributed by atoms with Crippen molar-refractivity contribution in [3.05, 3.63) is 53.7 Å². The van der Waals surface area contributed by atoms with Crippen molar-refractivity contribution in [1.29, 1.82) is 0 Å². The van der Waals surface area contributed by atoms with Crippen molar-refractivity contribution < 1.29 is 9.53 Å². The van der Waals surface area contributed by atoms with E-state index >= 15 is 0 Å². The minimum absolute atomic E-state index is 0.0415. The summed E-state index contributed by atoms with van der Waals surface area (Å²) in [6.45, 7) is 18.1. The second-order valence-corrected chi connectivity index (χ2v) is 11.8. The van der Waals surface area contributed by atoms with Crippen LogP contribution >= 0.6 is 0 Å². The number of nitrogen functional groups attached to an aromatic ring is 1. The van der Waals surface area contributed by atoms with Crippen molar-refractivity contribution in [3.63, 3.8) is 0 Å². The van der Waals surface area contributed by atoms with E-state index in [0.717, 1.165) is 55.0 Å². The number of aryl methyl sites for hydroxylation is 1. The molecule has 6 heterocycles. The number of ether oxygens (including phenoxy) is 1. The SMILES string of the molecule is CC.Cc1nn(C(C)c2cc3ccccn3c2CN2C[C@@H]3CN(C(=O)OC(C)(C)C)C[C@@H]3C2)c2ncnc(N)c12. The number of hydrogen-bond acceptors (Lipinski definition) is 7. The largest absolute Gasteiger partial charge is 0.444 e. The Hall–Kier alpha value is -3.66. The Morgan fingerprint density at radius 2 is 1.82 bits per heavy atom. The quantitative estimate of drug-likeness (QED) is 0.388. The monoisotopic (exact) mass is 546 g/mol. The summed E-state index contributed by atoms with van der Waals surface area (Å²) in [5, 5.41) is 5.64. The normalized spacial score (nSPS) is 20.0. The summed E-state index contributed by atoms with van der Waals surface area (Å²) >= 11 is 0. The molecule has 0 radical (unpaired) electrons. The van der Waals surface area contributed by atoms with Gasteiger partial charge in [-0.05, 0) is 70.2 Å². The molecule has 2 saturated heterocycles. The molecule has 3 atom stereocenters. The van der Waals surface area contributed by atoms with Crippen LogP contribution in [0.25, 0.3) is 16.6 Å². The second-order valence-electron chi connectivity index (χ2n) is 11.8. The van der Waals surface area contributed by atoms with Crippen LogP contribution in [0.1, 0.15) is 64.5 Å². The Kier molecular flexibility index (Phi) is 7.48. The van der Waals surface area contributed by atoms with Crippen LogP contribution in [-0.4, -0.2) is 71.8 Å². The predicted molar refractivity (Wildman–Crippen MR) is 157 cm³/mol. The highest BCUT2D eigenvalue weighted by Gasteiger charge is 2.43. The first kappa shape index (κ1) is 27.9. The summed E-state index contributed by atoms with van der Waals surface area (Å²) in [5.41, 5.74) is 10.9. The highest BCUT2D eigenvalue weighted by Crippen LogP contribution is 2.35. The van der Waals surface area contributed by atoms with E-state index in [1.165, 1.54) is 17.6 Å². The van der Waals surface area contributed by atoms with Gasteiger partial charge < -0.3 is 19.8 Å². The van der Waals surface area contributed by atoms with Gasteiger partial charge in [0.2, 0.25) is 0 Å². The van der Waals surface area contributed by atoms with Gasteiger partial charge in [-0.25, -0.2) is 19.4 Å². The number of pyridine rings is 1. The predicted octanol–water partition coefficient (Wildman–Crippen LogP) is 4.90. The number of amides is 1. The lowest BCUT2D eigenvalue weighted by molar-refractivity contribution is 0.0274. The first-order chi connectivity index (χ1) is 19.1. The highest BCUT2D eigenvalue weighted by molar-refractivity contribution is 5.88. The standard InChI is InChI=1S/C28H36N8O2.C2H6/c1-17-24-25(29)30-16-31-26(24)36(32-17)18(2)22-10-21-8-6-7-9-35(21)23(22)15-33-11-19-13-34(14-20(19)12-33)27(37)38-28(3,4)5;1-2/h6-10,16,18-20H,11-15H2,1-5H3,(H2,29,30,31);1-2H3/t18?,19-,20+;. The van der Waals surface area contributed by atoms with Gasteiger partial charge in [-0.15, -0.1) is 0 Å². The fraction of sp³-hybridized carbons (Fsp3) is 0.533. The van der Waals surface area contributed by atoms with Crippen molar-refractivity contribution >= 4 is 28.5 Å². The summed E-state index contributed by atoms with van der Waals surface area (Å²) < 4.78 is 9.87. The van der Waals surface area contributed by atoms with E-state index in [9.17, 15) is 4.79 Å². The van der Waals surface area contributed by atoms with Gasteiger partial charge in [0.15, 0.2) is 5.65 Å². The molecular formula is C30H42N8O2. The number of rotatable bonds is 4. The van der Waals surface area contributed by atoms with E-state index in [4.69, 9.17) is 15.6 Å². The third-order valence-electron chi connectivity index (χ3n) is 7.92. The molecule has 0 aromatic carbocycles. The zero-order valence-corrected chi connectivity index (χ0v) is 24.8. The number of likely N-dealkylation sites (tertiary alicyclic amines) is 2. The zero-order chi connectivity index (χ0) is 28.8. The summed E-state index contributed by atoms with van der Waals surface area (Å²) in [5.74, 6) is 1.39. The number of nitrogens with zero attached hydrogens (tertiary/aromatic N) is 7. The van der Waals surface area contributed by atoms with Crippen LogP contribution in [0.3, 0.4) is 0 Å². The molecule has 214 valence electrons. The van der Waals surface area contributed by atoms with E-state index in [2.05, 4.69) is 56.7 Å². The highest BCUT2D eigenvalue weighted by atomic mass is 16.6. The number of carbonyl (C=O) groups excluding carboxylic acids is 1. The molecule has 2 aliphatic heterocycles. The van der Waals surface area contributed by atoms with Crippen LogP contribution in [0.15, 0.2) is 36.8 Å². The van der Waals surface area contributed by atoms with E-state index in [0.29, 0.717) is 17.7 Å². The number of fused-ring (bicyclic) bond motifs is 3. The van der Waals surface area contributed by atoms with E-state index < -0.39 is 5.60 Å². The maximum atomic E-state index is 12.6. The van der Waals surface area contributed by atoms with E-state index in [1.54, 1.807) is 0 Å². The Morgan fingerprint density at radius 3 is 2.50 bits per heavy atom. The molecule has 2 aliphatic rings. The molecule has 40 heavy (non-hydrogen) atoms. The Morgan fingerprint density at radius 1 is 1.12 bits per heavy atom. The smallest absolute Gasteiger partial charge is 0.410 e. The molecule has 0 aliphatic carbocycles. The van der Waals surface area contributed by atoms with Crippen molar-refractivity contribution in [1.82, 2.24) is 33.9 Å². The average molecular weight is 547 g/mol. The number of carbonyl (C=O) groups is 1. The van der Waals surface area contributed by atoms with Crippen LogP contribution in [0.4, 0.5) is 10.6 Å². The maximum Gasteiger partial charge on any atom is 0.410 e. The lowest BCUT2D eigenvalue weighted by atomic mass is 10.0. The number of hydrogen-bond donors (Lipinski definition) is 1. The Bertz CT molecular complexity index is 1500. The van der Waals surface area contributed by atoms with E-state index in [-0.39, 0.29) is 12.1 Å². The van der Waals surface area contributed by atoms with Crippen LogP contribution in [0.2, 0.25) is 0 Å². The first-order valence-electron chi connectivity index (χ1n) is 14.3. The average Bonchev–Trinajstić information content (AvgIpc) is 3.65. The number of aromatic nitrogens is 5. The molecule has 10 nitrogen and oxygen atoms in total.